The Hall–Kier alpha value is -3.68. The van der Waals surface area contributed by atoms with E-state index in [9.17, 15) is 28.8 Å². The van der Waals surface area contributed by atoms with Crippen LogP contribution in [-0.2, 0) is 57.2 Å². The van der Waals surface area contributed by atoms with E-state index in [4.69, 9.17) is 28.4 Å². The van der Waals surface area contributed by atoms with Gasteiger partial charge >= 0.3 is 0 Å². The SMILES string of the molecule is C=C(C)CC(OCC1CC1)C(=O)NC(C)(C)C.CC(C)(C)CC(OCC1CC1)C(=O)NC(C)(C)C.CC(C)(C)NC(=O)C(CC1CC1)OCC1CC1.CC(C)(C)NC(=O)C(CC1CCC1)OCC1CC1.CC(C)(C)NC(=O)C(CC1CCCC1)OCC1CC1.CCOC(C(=O)NC(C)(C)C)C(C)C. The fraction of sp³-hybridized carbons (Fsp3) is 0.906. The fourth-order valence-corrected chi connectivity index (χ4v) is 11.4. The van der Waals surface area contributed by atoms with Crippen molar-refractivity contribution in [1.29, 1.82) is 0 Å². The molecule has 8 rings (SSSR count). The van der Waals surface area contributed by atoms with Crippen molar-refractivity contribution in [2.75, 3.05) is 39.6 Å². The normalized spacial score (nSPS) is 19.8. The number of rotatable bonds is 33. The first kappa shape index (κ1) is 93.5. The molecule has 0 bridgehead atoms. The van der Waals surface area contributed by atoms with Crippen molar-refractivity contribution in [3.8, 4) is 0 Å². The van der Waals surface area contributed by atoms with Crippen molar-refractivity contribution < 1.29 is 57.2 Å². The Morgan fingerprint density at radius 1 is 0.330 bits per heavy atom. The van der Waals surface area contributed by atoms with E-state index in [0.717, 1.165) is 75.4 Å². The summed E-state index contributed by atoms with van der Waals surface area (Å²) >= 11 is 0. The molecule has 103 heavy (non-hydrogen) atoms. The van der Waals surface area contributed by atoms with Crippen molar-refractivity contribution in [3.63, 3.8) is 0 Å². The summed E-state index contributed by atoms with van der Waals surface area (Å²) in [5.74, 6) is 6.06. The van der Waals surface area contributed by atoms with E-state index in [1.165, 1.54) is 122 Å². The first-order valence-electron chi connectivity index (χ1n) is 40.7. The molecule has 6 N–H and O–H groups in total. The highest BCUT2D eigenvalue weighted by molar-refractivity contribution is 5.84. The highest BCUT2D eigenvalue weighted by Crippen LogP contribution is 2.38. The average molecular weight is 1460 g/mol. The van der Waals surface area contributed by atoms with Crippen LogP contribution in [0, 0.1) is 58.7 Å². The van der Waals surface area contributed by atoms with Crippen LogP contribution in [0.25, 0.3) is 0 Å². The van der Waals surface area contributed by atoms with Crippen LogP contribution in [0.1, 0.15) is 327 Å². The van der Waals surface area contributed by atoms with Crippen molar-refractivity contribution >= 4 is 35.4 Å². The maximum atomic E-state index is 12.3. The van der Waals surface area contributed by atoms with E-state index in [1.54, 1.807) is 0 Å². The molecule has 0 saturated heterocycles. The molecule has 18 nitrogen and oxygen atoms in total. The summed E-state index contributed by atoms with van der Waals surface area (Å²) in [5, 5.41) is 18.1. The van der Waals surface area contributed by atoms with Gasteiger partial charge in [-0.2, -0.15) is 0 Å². The van der Waals surface area contributed by atoms with Crippen LogP contribution >= 0.6 is 0 Å². The van der Waals surface area contributed by atoms with Crippen LogP contribution in [0.3, 0.4) is 0 Å². The minimum absolute atomic E-state index is 0.0191. The molecular formula is C85H158N6O12. The summed E-state index contributed by atoms with van der Waals surface area (Å²) in [6, 6.07) is 0. The summed E-state index contributed by atoms with van der Waals surface area (Å²) < 4.78 is 34.6. The molecule has 18 heteroatoms. The molecule has 6 atom stereocenters. The fourth-order valence-electron chi connectivity index (χ4n) is 11.4. The van der Waals surface area contributed by atoms with E-state index in [1.807, 2.05) is 152 Å². The molecule has 0 spiro atoms. The van der Waals surface area contributed by atoms with Gasteiger partial charge in [0, 0.05) is 46.3 Å². The van der Waals surface area contributed by atoms with E-state index >= 15 is 0 Å². The van der Waals surface area contributed by atoms with Crippen LogP contribution in [0.4, 0.5) is 0 Å². The Labute approximate surface area is 629 Å². The first-order chi connectivity index (χ1) is 47.4. The summed E-state index contributed by atoms with van der Waals surface area (Å²) in [6.45, 7) is 58.4. The van der Waals surface area contributed by atoms with E-state index in [2.05, 4.69) is 59.3 Å². The summed E-state index contributed by atoms with van der Waals surface area (Å²) in [6.07, 6.45) is 26.6. The van der Waals surface area contributed by atoms with Crippen molar-refractivity contribution in [1.82, 2.24) is 31.9 Å². The molecule has 0 aromatic heterocycles. The molecule has 6 unspecified atom stereocenters. The van der Waals surface area contributed by atoms with E-state index < -0.39 is 0 Å². The Kier molecular flexibility index (Phi) is 39.5. The zero-order valence-electron chi connectivity index (χ0n) is 70.5. The van der Waals surface area contributed by atoms with Gasteiger partial charge in [-0.1, -0.05) is 98.0 Å². The quantitative estimate of drug-likeness (QED) is 0.0337. The minimum Gasteiger partial charge on any atom is -0.368 e. The molecule has 8 saturated carbocycles. The Bertz CT molecular complexity index is 2490. The van der Waals surface area contributed by atoms with Gasteiger partial charge in [0.2, 0.25) is 35.4 Å². The lowest BCUT2D eigenvalue weighted by Crippen LogP contribution is -2.48. The third-order valence-electron chi connectivity index (χ3n) is 18.2. The highest BCUT2D eigenvalue weighted by atomic mass is 16.5. The number of carbonyl (C=O) groups excluding carboxylic acids is 6. The van der Waals surface area contributed by atoms with Gasteiger partial charge in [0.15, 0.2) is 0 Å². The van der Waals surface area contributed by atoms with Crippen LogP contribution in [0.5, 0.6) is 0 Å². The van der Waals surface area contributed by atoms with Crippen molar-refractivity contribution in [2.45, 2.75) is 397 Å². The molecular weight excluding hydrogens is 1300 g/mol. The standard InChI is InChI=1S/C16H29NO2.C15H27NO2.C15H29NO2.2C14H25NO2.C11H23NO2/c1-16(2,3)17-15(18)14(19-11-13-8-9-13)10-12-6-4-5-7-12;1-15(2,3)16-14(17)13(9-11-5-4-6-11)18-10-12-7-8-12;1-14(2,3)9-12(18-10-11-7-8-11)13(17)16-15(4,5)6;1-14(2,3)15-13(16)12(8-10-4-5-10)17-9-11-6-7-11;1-10(2)8-12(17-9-11-6-7-11)13(16)15-14(3,4)5;1-7-14-9(8(2)3)10(13)12-11(4,5)6/h12-14H,4-11H2,1-3H3,(H,17,18);11-13H,4-10H2,1-3H3,(H,16,17);11-12H,7-10H2,1-6H3,(H,16,17);10-12H,4-9H2,1-3H3,(H,15,16);11-12H,1,6-9H2,2-5H3,(H,15,16);8-9H,7H2,1-6H3,(H,12,13). The lowest BCUT2D eigenvalue weighted by molar-refractivity contribution is -0.137. The molecule has 0 heterocycles. The molecule has 0 aromatic rings. The van der Waals surface area contributed by atoms with Gasteiger partial charge in [0.1, 0.15) is 36.6 Å². The maximum Gasteiger partial charge on any atom is 0.249 e. The van der Waals surface area contributed by atoms with Gasteiger partial charge in [-0.05, 0) is 287 Å². The van der Waals surface area contributed by atoms with E-state index in [0.29, 0.717) is 49.2 Å². The van der Waals surface area contributed by atoms with Crippen LogP contribution < -0.4 is 31.9 Å². The van der Waals surface area contributed by atoms with Gasteiger partial charge in [-0.3, -0.25) is 28.8 Å². The van der Waals surface area contributed by atoms with Crippen LogP contribution in [0.15, 0.2) is 12.2 Å². The number of hydrogen-bond acceptors (Lipinski definition) is 12. The van der Waals surface area contributed by atoms with Crippen LogP contribution in [0.2, 0.25) is 0 Å². The predicted octanol–water partition coefficient (Wildman–Crippen LogP) is 16.4. The zero-order valence-corrected chi connectivity index (χ0v) is 70.5. The van der Waals surface area contributed by atoms with Gasteiger partial charge in [-0.15, -0.1) is 6.58 Å². The molecule has 8 aliphatic rings. The van der Waals surface area contributed by atoms with E-state index in [-0.39, 0.29) is 117 Å². The van der Waals surface area contributed by atoms with Gasteiger partial charge < -0.3 is 60.3 Å². The number of nitrogens with one attached hydrogen (secondary N) is 6. The number of carbonyl (C=O) groups is 6. The first-order valence-corrected chi connectivity index (χ1v) is 40.7. The van der Waals surface area contributed by atoms with Gasteiger partial charge in [-0.25, -0.2) is 0 Å². The monoisotopic (exact) mass is 1460 g/mol. The molecule has 0 aliphatic heterocycles. The molecule has 0 aromatic carbocycles. The second-order valence-electron chi connectivity index (χ2n) is 39.9. The maximum absolute atomic E-state index is 12.3. The smallest absolute Gasteiger partial charge is 0.249 e. The molecule has 0 radical (unpaired) electrons. The number of amides is 6. The van der Waals surface area contributed by atoms with Crippen LogP contribution in [-0.4, -0.2) is 145 Å². The molecule has 8 aliphatic carbocycles. The summed E-state index contributed by atoms with van der Waals surface area (Å²) in [5.41, 5.74) is -0.0306. The Morgan fingerprint density at radius 2 is 0.563 bits per heavy atom. The second-order valence-corrected chi connectivity index (χ2v) is 39.9. The predicted molar refractivity (Wildman–Crippen MR) is 419 cm³/mol. The van der Waals surface area contributed by atoms with Crippen molar-refractivity contribution in [2.24, 2.45) is 58.7 Å². The second kappa shape index (κ2) is 43.5. The highest BCUT2D eigenvalue weighted by Gasteiger charge is 2.37. The Morgan fingerprint density at radius 3 is 0.786 bits per heavy atom. The molecule has 6 amide bonds. The van der Waals surface area contributed by atoms with Gasteiger partial charge in [0.05, 0.1) is 33.0 Å². The average Bonchev–Trinajstić information content (AvgIpc) is 1.82. The largest absolute Gasteiger partial charge is 0.368 e. The topological polar surface area (TPSA) is 230 Å². The number of ether oxygens (including phenoxy) is 6. The Balaban J connectivity index is 0.000000322. The third-order valence-corrected chi connectivity index (χ3v) is 18.2. The number of hydrogen-bond donors (Lipinski definition) is 6. The zero-order chi connectivity index (χ0) is 77.9. The lowest BCUT2D eigenvalue weighted by Gasteiger charge is -2.31. The summed E-state index contributed by atoms with van der Waals surface area (Å²) in [7, 11) is 0. The van der Waals surface area contributed by atoms with Crippen molar-refractivity contribution in [3.05, 3.63) is 12.2 Å². The van der Waals surface area contributed by atoms with Gasteiger partial charge in [0.25, 0.3) is 0 Å². The third kappa shape index (κ3) is 50.6. The summed E-state index contributed by atoms with van der Waals surface area (Å²) in [4.78, 5) is 72.7. The molecule has 8 fully saturated rings. The molecule has 600 valence electrons. The minimum atomic E-state index is -0.382. The lowest BCUT2D eigenvalue weighted by atomic mass is 9.81.